The third-order valence-electron chi connectivity index (χ3n) is 1.54. The van der Waals surface area contributed by atoms with Crippen molar-refractivity contribution in [1.29, 1.82) is 0 Å². The number of benzene rings is 1. The maximum Gasteiger partial charge on any atom is 0.513 e. The van der Waals surface area contributed by atoms with E-state index in [1.54, 1.807) is 6.07 Å². The minimum Gasteiger partial charge on any atom is -0.437 e. The molecular formula is C10H10O6. The van der Waals surface area contributed by atoms with Gasteiger partial charge >= 0.3 is 12.3 Å². The lowest BCUT2D eigenvalue weighted by molar-refractivity contribution is 0.120. The van der Waals surface area contributed by atoms with E-state index < -0.39 is 12.3 Å². The molecule has 0 N–H and O–H groups in total. The lowest BCUT2D eigenvalue weighted by atomic mass is 10.3. The largest absolute Gasteiger partial charge is 0.513 e. The molecule has 0 aliphatic heterocycles. The molecule has 0 unspecified atom stereocenters. The van der Waals surface area contributed by atoms with Crippen LogP contribution >= 0.6 is 0 Å². The average molecular weight is 226 g/mol. The van der Waals surface area contributed by atoms with Crippen LogP contribution in [-0.4, -0.2) is 26.5 Å². The molecule has 0 saturated carbocycles. The lowest BCUT2D eigenvalue weighted by Crippen LogP contribution is -2.09. The molecule has 6 heteroatoms. The van der Waals surface area contributed by atoms with Crippen LogP contribution in [-0.2, 0) is 9.47 Å². The van der Waals surface area contributed by atoms with Gasteiger partial charge in [0.15, 0.2) is 0 Å². The second-order valence-corrected chi connectivity index (χ2v) is 2.59. The van der Waals surface area contributed by atoms with Gasteiger partial charge in [0.1, 0.15) is 11.5 Å². The first-order valence-corrected chi connectivity index (χ1v) is 4.27. The molecule has 0 fully saturated rings. The van der Waals surface area contributed by atoms with Crippen LogP contribution in [0.2, 0.25) is 0 Å². The zero-order valence-corrected chi connectivity index (χ0v) is 8.76. The predicted molar refractivity (Wildman–Crippen MR) is 52.5 cm³/mol. The molecule has 0 spiro atoms. The van der Waals surface area contributed by atoms with E-state index in [1.165, 1.54) is 32.4 Å². The van der Waals surface area contributed by atoms with Crippen molar-refractivity contribution in [1.82, 2.24) is 0 Å². The van der Waals surface area contributed by atoms with Gasteiger partial charge in [0.2, 0.25) is 0 Å². The standard InChI is InChI=1S/C10H10O6/c1-13-9(11)15-7-4-3-5-8(6-7)16-10(12)14-2/h3-6H,1-2H3. The van der Waals surface area contributed by atoms with E-state index in [4.69, 9.17) is 9.47 Å². The molecule has 0 heterocycles. The van der Waals surface area contributed by atoms with Crippen LogP contribution < -0.4 is 9.47 Å². The number of carbonyl (C=O) groups is 2. The lowest BCUT2D eigenvalue weighted by Gasteiger charge is -2.05. The van der Waals surface area contributed by atoms with E-state index in [0.717, 1.165) is 0 Å². The van der Waals surface area contributed by atoms with Gasteiger partial charge in [0, 0.05) is 6.07 Å². The molecule has 0 amide bonds. The number of methoxy groups -OCH3 is 2. The Bertz CT molecular complexity index is 353. The zero-order valence-electron chi connectivity index (χ0n) is 8.76. The Labute approximate surface area is 91.7 Å². The van der Waals surface area contributed by atoms with E-state index in [0.29, 0.717) is 0 Å². The SMILES string of the molecule is COC(=O)Oc1cccc(OC(=O)OC)c1. The van der Waals surface area contributed by atoms with Crippen molar-refractivity contribution < 1.29 is 28.5 Å². The number of rotatable bonds is 2. The fourth-order valence-corrected chi connectivity index (χ4v) is 0.877. The fourth-order valence-electron chi connectivity index (χ4n) is 0.877. The van der Waals surface area contributed by atoms with Crippen LogP contribution in [0.15, 0.2) is 24.3 Å². The van der Waals surface area contributed by atoms with Gasteiger partial charge in [-0.2, -0.15) is 0 Å². The first-order valence-electron chi connectivity index (χ1n) is 4.27. The molecule has 0 bridgehead atoms. The van der Waals surface area contributed by atoms with Gasteiger partial charge in [-0.25, -0.2) is 9.59 Å². The van der Waals surface area contributed by atoms with E-state index in [2.05, 4.69) is 9.47 Å². The molecule has 1 aromatic rings. The summed E-state index contributed by atoms with van der Waals surface area (Å²) >= 11 is 0. The van der Waals surface area contributed by atoms with Gasteiger partial charge in [-0.15, -0.1) is 0 Å². The van der Waals surface area contributed by atoms with E-state index in [9.17, 15) is 9.59 Å². The highest BCUT2D eigenvalue weighted by Crippen LogP contribution is 2.20. The van der Waals surface area contributed by atoms with E-state index >= 15 is 0 Å². The van der Waals surface area contributed by atoms with Gasteiger partial charge in [-0.1, -0.05) is 6.07 Å². The van der Waals surface area contributed by atoms with Crippen molar-refractivity contribution in [2.45, 2.75) is 0 Å². The molecule has 1 aromatic carbocycles. The summed E-state index contributed by atoms with van der Waals surface area (Å²) in [7, 11) is 2.38. The highest BCUT2D eigenvalue weighted by Gasteiger charge is 2.07. The van der Waals surface area contributed by atoms with Crippen molar-refractivity contribution in [3.63, 3.8) is 0 Å². The minimum absolute atomic E-state index is 0.202. The first kappa shape index (κ1) is 11.8. The third-order valence-corrected chi connectivity index (χ3v) is 1.54. The van der Waals surface area contributed by atoms with Crippen LogP contribution in [0, 0.1) is 0 Å². The summed E-state index contributed by atoms with van der Waals surface area (Å²) in [6.07, 6.45) is -1.70. The number of ether oxygens (including phenoxy) is 4. The van der Waals surface area contributed by atoms with Crippen LogP contribution in [0.4, 0.5) is 9.59 Å². The summed E-state index contributed by atoms with van der Waals surface area (Å²) in [5.41, 5.74) is 0. The highest BCUT2D eigenvalue weighted by molar-refractivity contribution is 5.65. The fraction of sp³-hybridized carbons (Fsp3) is 0.200. The summed E-state index contributed by atoms with van der Waals surface area (Å²) < 4.78 is 18.1. The Kier molecular flexibility index (Phi) is 4.14. The molecule has 0 atom stereocenters. The molecule has 0 aliphatic carbocycles. The quantitative estimate of drug-likeness (QED) is 0.567. The molecule has 0 radical (unpaired) electrons. The van der Waals surface area contributed by atoms with Crippen LogP contribution in [0.5, 0.6) is 11.5 Å². The van der Waals surface area contributed by atoms with Gasteiger partial charge in [-0.05, 0) is 12.1 Å². The Morgan fingerprint density at radius 1 is 0.938 bits per heavy atom. The Hall–Kier alpha value is -2.24. The van der Waals surface area contributed by atoms with Gasteiger partial charge in [-0.3, -0.25) is 0 Å². The first-order chi connectivity index (χ1) is 7.65. The van der Waals surface area contributed by atoms with Crippen molar-refractivity contribution in [3.8, 4) is 11.5 Å². The summed E-state index contributed by atoms with van der Waals surface area (Å²) in [5, 5.41) is 0. The van der Waals surface area contributed by atoms with Crippen LogP contribution in [0.25, 0.3) is 0 Å². The van der Waals surface area contributed by atoms with Crippen LogP contribution in [0.3, 0.4) is 0 Å². The summed E-state index contributed by atoms with van der Waals surface area (Å²) in [4.78, 5) is 21.6. The van der Waals surface area contributed by atoms with Crippen LogP contribution in [0.1, 0.15) is 0 Å². The highest BCUT2D eigenvalue weighted by atomic mass is 16.7. The third kappa shape index (κ3) is 3.49. The van der Waals surface area contributed by atoms with Gasteiger partial charge < -0.3 is 18.9 Å². The molecule has 0 aromatic heterocycles. The minimum atomic E-state index is -0.852. The Morgan fingerprint density at radius 3 is 1.75 bits per heavy atom. The average Bonchev–Trinajstić information content (AvgIpc) is 2.29. The number of hydrogen-bond acceptors (Lipinski definition) is 6. The van der Waals surface area contributed by atoms with Gasteiger partial charge in [0.25, 0.3) is 0 Å². The summed E-state index contributed by atoms with van der Waals surface area (Å²) in [6, 6.07) is 5.94. The predicted octanol–water partition coefficient (Wildman–Crippen LogP) is 1.98. The second-order valence-electron chi connectivity index (χ2n) is 2.59. The molecular weight excluding hydrogens is 216 g/mol. The molecule has 1 rings (SSSR count). The van der Waals surface area contributed by atoms with E-state index in [1.807, 2.05) is 0 Å². The number of hydrogen-bond donors (Lipinski definition) is 0. The summed E-state index contributed by atoms with van der Waals surface area (Å²) in [6.45, 7) is 0. The second kappa shape index (κ2) is 5.59. The van der Waals surface area contributed by atoms with Crippen molar-refractivity contribution in [3.05, 3.63) is 24.3 Å². The maximum absolute atomic E-state index is 10.8. The zero-order chi connectivity index (χ0) is 12.0. The Morgan fingerprint density at radius 2 is 1.38 bits per heavy atom. The normalized spacial score (nSPS) is 9.12. The van der Waals surface area contributed by atoms with Crippen molar-refractivity contribution in [2.24, 2.45) is 0 Å². The molecule has 6 nitrogen and oxygen atoms in total. The van der Waals surface area contributed by atoms with Crippen molar-refractivity contribution >= 4 is 12.3 Å². The van der Waals surface area contributed by atoms with Gasteiger partial charge in [0.05, 0.1) is 14.2 Å². The van der Waals surface area contributed by atoms with E-state index in [-0.39, 0.29) is 11.5 Å². The monoisotopic (exact) mass is 226 g/mol. The molecule has 86 valence electrons. The smallest absolute Gasteiger partial charge is 0.437 e. The molecule has 0 saturated heterocycles. The number of carbonyl (C=O) groups excluding carboxylic acids is 2. The molecule has 0 aliphatic rings. The Balaban J connectivity index is 2.71. The topological polar surface area (TPSA) is 71.1 Å². The maximum atomic E-state index is 10.8. The molecule has 16 heavy (non-hydrogen) atoms. The van der Waals surface area contributed by atoms with Crippen molar-refractivity contribution in [2.75, 3.05) is 14.2 Å². The summed E-state index contributed by atoms with van der Waals surface area (Å²) in [5.74, 6) is 0.404.